The molecule has 0 unspecified atom stereocenters. The molecule has 0 amide bonds. The SMILES string of the molecule is O=Cc1cc2c([nH]c3ccccc32)c(-c2ccc(Cl)cc2)n1. The normalized spacial score (nSPS) is 11.1. The van der Waals surface area contributed by atoms with Crippen LogP contribution in [0.5, 0.6) is 0 Å². The van der Waals surface area contributed by atoms with Gasteiger partial charge in [-0.05, 0) is 24.3 Å². The van der Waals surface area contributed by atoms with E-state index in [1.54, 1.807) is 0 Å². The van der Waals surface area contributed by atoms with Gasteiger partial charge in [-0.2, -0.15) is 0 Å². The van der Waals surface area contributed by atoms with Crippen molar-refractivity contribution in [3.63, 3.8) is 0 Å². The summed E-state index contributed by atoms with van der Waals surface area (Å²) in [6.45, 7) is 0. The molecule has 106 valence electrons. The minimum absolute atomic E-state index is 0.419. The van der Waals surface area contributed by atoms with Gasteiger partial charge in [-0.3, -0.25) is 4.79 Å². The second-order valence-electron chi connectivity index (χ2n) is 5.11. The number of halogens is 1. The molecule has 4 aromatic rings. The van der Waals surface area contributed by atoms with Crippen LogP contribution in [0.1, 0.15) is 10.5 Å². The van der Waals surface area contributed by atoms with Crippen LogP contribution in [0.15, 0.2) is 54.6 Å². The molecule has 0 bridgehead atoms. The molecule has 0 saturated carbocycles. The summed E-state index contributed by atoms with van der Waals surface area (Å²) in [7, 11) is 0. The van der Waals surface area contributed by atoms with E-state index in [2.05, 4.69) is 9.97 Å². The van der Waals surface area contributed by atoms with Crippen molar-refractivity contribution in [2.45, 2.75) is 0 Å². The third-order valence-electron chi connectivity index (χ3n) is 3.75. The van der Waals surface area contributed by atoms with Gasteiger partial charge < -0.3 is 4.98 Å². The first-order valence-corrected chi connectivity index (χ1v) is 7.26. The van der Waals surface area contributed by atoms with Gasteiger partial charge >= 0.3 is 0 Å². The number of nitrogens with one attached hydrogen (secondary N) is 1. The molecule has 3 nitrogen and oxygen atoms in total. The van der Waals surface area contributed by atoms with Gasteiger partial charge in [0.2, 0.25) is 0 Å². The second kappa shape index (κ2) is 4.97. The zero-order valence-electron chi connectivity index (χ0n) is 11.5. The number of H-pyrrole nitrogens is 1. The van der Waals surface area contributed by atoms with Gasteiger partial charge in [0.15, 0.2) is 6.29 Å². The minimum atomic E-state index is 0.419. The van der Waals surface area contributed by atoms with Crippen LogP contribution >= 0.6 is 11.6 Å². The second-order valence-corrected chi connectivity index (χ2v) is 5.55. The number of rotatable bonds is 2. The summed E-state index contributed by atoms with van der Waals surface area (Å²) in [5, 5.41) is 2.75. The number of carbonyl (C=O) groups is 1. The van der Waals surface area contributed by atoms with Crippen molar-refractivity contribution in [1.82, 2.24) is 9.97 Å². The van der Waals surface area contributed by atoms with E-state index in [1.807, 2.05) is 54.6 Å². The predicted octanol–water partition coefficient (Wildman–Crippen LogP) is 4.85. The lowest BCUT2D eigenvalue weighted by atomic mass is 10.1. The van der Waals surface area contributed by atoms with Gasteiger partial charge in [0.1, 0.15) is 5.69 Å². The molecule has 0 aliphatic carbocycles. The highest BCUT2D eigenvalue weighted by Gasteiger charge is 2.13. The van der Waals surface area contributed by atoms with Crippen LogP contribution in [0.25, 0.3) is 33.1 Å². The van der Waals surface area contributed by atoms with Gasteiger partial charge in [-0.1, -0.05) is 41.9 Å². The van der Waals surface area contributed by atoms with Crippen molar-refractivity contribution in [2.24, 2.45) is 0 Å². The van der Waals surface area contributed by atoms with E-state index < -0.39 is 0 Å². The van der Waals surface area contributed by atoms with E-state index in [4.69, 9.17) is 11.6 Å². The molecule has 0 atom stereocenters. The first-order valence-electron chi connectivity index (χ1n) is 6.89. The monoisotopic (exact) mass is 306 g/mol. The number of hydrogen-bond acceptors (Lipinski definition) is 2. The Kier molecular flexibility index (Phi) is 2.94. The van der Waals surface area contributed by atoms with Crippen molar-refractivity contribution >= 4 is 39.7 Å². The Labute approximate surface area is 131 Å². The molecule has 0 aliphatic heterocycles. The van der Waals surface area contributed by atoms with Gasteiger partial charge in [-0.15, -0.1) is 0 Å². The van der Waals surface area contributed by atoms with Crippen LogP contribution < -0.4 is 0 Å². The molecule has 0 saturated heterocycles. The molecule has 0 spiro atoms. The number of benzene rings is 2. The summed E-state index contributed by atoms with van der Waals surface area (Å²) in [5.74, 6) is 0. The molecular weight excluding hydrogens is 296 g/mol. The van der Waals surface area contributed by atoms with Crippen molar-refractivity contribution < 1.29 is 4.79 Å². The molecule has 2 heterocycles. The van der Waals surface area contributed by atoms with Crippen LogP contribution in [0.4, 0.5) is 0 Å². The van der Waals surface area contributed by atoms with Gasteiger partial charge in [0.05, 0.1) is 11.2 Å². The number of carbonyl (C=O) groups excluding carboxylic acids is 1. The summed E-state index contributed by atoms with van der Waals surface area (Å²) in [6.07, 6.45) is 0.778. The largest absolute Gasteiger partial charge is 0.353 e. The Morgan fingerprint density at radius 3 is 2.55 bits per heavy atom. The van der Waals surface area contributed by atoms with Crippen LogP contribution in [-0.2, 0) is 0 Å². The summed E-state index contributed by atoms with van der Waals surface area (Å²) in [6, 6.07) is 17.3. The molecule has 0 radical (unpaired) electrons. The number of aldehydes is 1. The highest BCUT2D eigenvalue weighted by molar-refractivity contribution is 6.30. The fourth-order valence-electron chi connectivity index (χ4n) is 2.74. The number of para-hydroxylation sites is 1. The average molecular weight is 307 g/mol. The zero-order valence-corrected chi connectivity index (χ0v) is 12.3. The third kappa shape index (κ3) is 1.98. The number of aromatic nitrogens is 2. The highest BCUT2D eigenvalue weighted by atomic mass is 35.5. The molecule has 4 heteroatoms. The standard InChI is InChI=1S/C18H11ClN2O/c19-12-7-5-11(6-8-12)17-18-15(9-13(10-22)20-17)14-3-1-2-4-16(14)21-18/h1-10,21H. The molecule has 2 aromatic carbocycles. The summed E-state index contributed by atoms with van der Waals surface area (Å²) >= 11 is 5.96. The third-order valence-corrected chi connectivity index (χ3v) is 4.01. The first-order chi connectivity index (χ1) is 10.8. The number of pyridine rings is 1. The number of aromatic amines is 1. The molecule has 1 N–H and O–H groups in total. The van der Waals surface area contributed by atoms with Gasteiger partial charge in [0, 0.05) is 26.9 Å². The average Bonchev–Trinajstić information content (AvgIpc) is 2.93. The molecule has 0 aliphatic rings. The molecular formula is C18H11ClN2O. The van der Waals surface area contributed by atoms with E-state index in [-0.39, 0.29) is 0 Å². The van der Waals surface area contributed by atoms with E-state index in [0.29, 0.717) is 10.7 Å². The number of nitrogens with zero attached hydrogens (tertiary/aromatic N) is 1. The van der Waals surface area contributed by atoms with E-state index in [9.17, 15) is 4.79 Å². The van der Waals surface area contributed by atoms with Crippen molar-refractivity contribution in [3.05, 3.63) is 65.3 Å². The van der Waals surface area contributed by atoms with Crippen molar-refractivity contribution in [1.29, 1.82) is 0 Å². The molecule has 0 fully saturated rings. The molecule has 2 aromatic heterocycles. The van der Waals surface area contributed by atoms with Gasteiger partial charge in [0.25, 0.3) is 0 Å². The Bertz CT molecular complexity index is 1000. The predicted molar refractivity (Wildman–Crippen MR) is 89.4 cm³/mol. The quantitative estimate of drug-likeness (QED) is 0.538. The fraction of sp³-hybridized carbons (Fsp3) is 0. The Morgan fingerprint density at radius 1 is 1.00 bits per heavy atom. The van der Waals surface area contributed by atoms with E-state index >= 15 is 0 Å². The maximum atomic E-state index is 11.3. The number of hydrogen-bond donors (Lipinski definition) is 1. The van der Waals surface area contributed by atoms with E-state index in [1.165, 1.54) is 0 Å². The minimum Gasteiger partial charge on any atom is -0.353 e. The number of fused-ring (bicyclic) bond motifs is 3. The first kappa shape index (κ1) is 13.0. The van der Waals surface area contributed by atoms with E-state index in [0.717, 1.165) is 39.3 Å². The van der Waals surface area contributed by atoms with Crippen LogP contribution in [0.3, 0.4) is 0 Å². The maximum Gasteiger partial charge on any atom is 0.168 e. The summed E-state index contributed by atoms with van der Waals surface area (Å²) in [5.41, 5.74) is 4.05. The van der Waals surface area contributed by atoms with Gasteiger partial charge in [-0.25, -0.2) is 4.98 Å². The lowest BCUT2D eigenvalue weighted by molar-refractivity contribution is 0.111. The zero-order chi connectivity index (χ0) is 15.1. The highest BCUT2D eigenvalue weighted by Crippen LogP contribution is 2.32. The summed E-state index contributed by atoms with van der Waals surface area (Å²) < 4.78 is 0. The smallest absolute Gasteiger partial charge is 0.168 e. The molecule has 4 rings (SSSR count). The topological polar surface area (TPSA) is 45.8 Å². The lowest BCUT2D eigenvalue weighted by Gasteiger charge is -2.04. The maximum absolute atomic E-state index is 11.3. The lowest BCUT2D eigenvalue weighted by Crippen LogP contribution is -1.92. The van der Waals surface area contributed by atoms with Crippen molar-refractivity contribution in [3.8, 4) is 11.3 Å². The Balaban J connectivity index is 2.12. The molecule has 22 heavy (non-hydrogen) atoms. The van der Waals surface area contributed by atoms with Crippen LogP contribution in [-0.4, -0.2) is 16.3 Å². The summed E-state index contributed by atoms with van der Waals surface area (Å²) in [4.78, 5) is 19.1. The Hall–Kier alpha value is -2.65. The fourth-order valence-corrected chi connectivity index (χ4v) is 2.87. The van der Waals surface area contributed by atoms with Crippen LogP contribution in [0, 0.1) is 0 Å². The Morgan fingerprint density at radius 2 is 1.77 bits per heavy atom. The van der Waals surface area contributed by atoms with Crippen molar-refractivity contribution in [2.75, 3.05) is 0 Å². The van der Waals surface area contributed by atoms with Crippen LogP contribution in [0.2, 0.25) is 5.02 Å².